The lowest BCUT2D eigenvalue weighted by atomic mass is 10.4. The average molecular weight is 206 g/mol. The maximum Gasteiger partial charge on any atom is 0.0977 e. The quantitative estimate of drug-likeness (QED) is 0.571. The Morgan fingerprint density at radius 3 is 2.42 bits per heavy atom. The fraction of sp³-hybridized carbons (Fsp3) is 1.00. The van der Waals surface area contributed by atoms with E-state index in [1.807, 2.05) is 6.66 Å². The Balaban J connectivity index is 2.37. The number of rotatable bonds is 0. The van der Waals surface area contributed by atoms with Crippen molar-refractivity contribution in [3.05, 3.63) is 0 Å². The zero-order valence-electron chi connectivity index (χ0n) is 7.53. The Morgan fingerprint density at radius 2 is 1.75 bits per heavy atom. The molecule has 2 rings (SSSR count). The molecule has 2 heterocycles. The summed E-state index contributed by atoms with van der Waals surface area (Å²) in [4.78, 5) is 0. The van der Waals surface area contributed by atoms with E-state index >= 15 is 0 Å². The molecule has 0 spiro atoms. The van der Waals surface area contributed by atoms with Gasteiger partial charge in [-0.2, -0.15) is 0 Å². The fourth-order valence-electron chi connectivity index (χ4n) is 2.71. The van der Waals surface area contributed by atoms with Crippen LogP contribution in [0.3, 0.4) is 0 Å². The molecule has 0 aromatic carbocycles. The van der Waals surface area contributed by atoms with Crippen LogP contribution in [0.2, 0.25) is 0 Å². The molecule has 2 aliphatic rings. The first-order valence-corrected chi connectivity index (χ1v) is 9.24. The third kappa shape index (κ3) is 1.24. The highest BCUT2D eigenvalue weighted by Gasteiger charge is 2.48. The van der Waals surface area contributed by atoms with Gasteiger partial charge in [-0.3, -0.25) is 0 Å². The number of fused-ring (bicyclic) bond motifs is 1. The summed E-state index contributed by atoms with van der Waals surface area (Å²) in [7, 11) is -3.98. The lowest BCUT2D eigenvalue weighted by molar-refractivity contribution is 0.558. The second-order valence-corrected chi connectivity index (χ2v) is 11.5. The second kappa shape index (κ2) is 2.72. The van der Waals surface area contributed by atoms with Crippen LogP contribution in [0.1, 0.15) is 19.3 Å². The first-order chi connectivity index (χ1) is 5.55. The van der Waals surface area contributed by atoms with Crippen LogP contribution in [-0.4, -0.2) is 30.6 Å². The van der Waals surface area contributed by atoms with E-state index in [1.54, 1.807) is 0 Å². The Kier molecular flexibility index (Phi) is 2.05. The maximum atomic E-state index is 12.2. The third-order valence-corrected chi connectivity index (χ3v) is 12.3. The SMILES string of the molecule is C[P@]1(=O)CCC[P@]2(=O)CCC[C@H]21. The molecular formula is C8H16O2P2. The van der Waals surface area contributed by atoms with Gasteiger partial charge in [-0.15, -0.1) is 0 Å². The second-order valence-electron chi connectivity index (χ2n) is 4.27. The minimum atomic E-state index is -2.02. The summed E-state index contributed by atoms with van der Waals surface area (Å²) in [5.74, 6) is 0. The van der Waals surface area contributed by atoms with Crippen LogP contribution < -0.4 is 0 Å². The van der Waals surface area contributed by atoms with Crippen molar-refractivity contribution in [1.29, 1.82) is 0 Å². The van der Waals surface area contributed by atoms with E-state index < -0.39 is 14.3 Å². The van der Waals surface area contributed by atoms with Crippen molar-refractivity contribution in [2.75, 3.05) is 25.2 Å². The summed E-state index contributed by atoms with van der Waals surface area (Å²) in [6.45, 7) is 1.87. The van der Waals surface area contributed by atoms with E-state index in [-0.39, 0.29) is 5.40 Å². The lowest BCUT2D eigenvalue weighted by Gasteiger charge is -2.31. The van der Waals surface area contributed by atoms with E-state index in [1.165, 1.54) is 0 Å². The van der Waals surface area contributed by atoms with Gasteiger partial charge in [0.25, 0.3) is 0 Å². The Hall–Kier alpha value is 0.460. The highest BCUT2D eigenvalue weighted by Crippen LogP contribution is 2.74. The van der Waals surface area contributed by atoms with Crippen LogP contribution in [-0.2, 0) is 9.13 Å². The standard InChI is InChI=1S/C8H16O2P2/c1-11(9)5-3-7-12(10)6-2-4-8(11)12/h8H,2-7H2,1H3/t8-,11-,12+/m0/s1. The summed E-state index contributed by atoms with van der Waals surface area (Å²) >= 11 is 0. The van der Waals surface area contributed by atoms with Gasteiger partial charge in [0.05, 0.1) is 19.7 Å². The van der Waals surface area contributed by atoms with Crippen LogP contribution in [0.4, 0.5) is 0 Å². The molecule has 0 bridgehead atoms. The molecule has 4 heteroatoms. The zero-order valence-corrected chi connectivity index (χ0v) is 9.32. The molecule has 12 heavy (non-hydrogen) atoms. The lowest BCUT2D eigenvalue weighted by Crippen LogP contribution is -2.15. The van der Waals surface area contributed by atoms with Gasteiger partial charge in [-0.25, -0.2) is 0 Å². The number of hydrogen-bond acceptors (Lipinski definition) is 2. The van der Waals surface area contributed by atoms with Crippen molar-refractivity contribution < 1.29 is 9.13 Å². The highest BCUT2D eigenvalue weighted by atomic mass is 31.2. The molecule has 2 aliphatic heterocycles. The number of hydrogen-bond donors (Lipinski definition) is 0. The molecule has 0 saturated carbocycles. The predicted molar refractivity (Wildman–Crippen MR) is 53.4 cm³/mol. The molecular weight excluding hydrogens is 190 g/mol. The van der Waals surface area contributed by atoms with Gasteiger partial charge in [0, 0.05) is 18.5 Å². The van der Waals surface area contributed by atoms with Crippen molar-refractivity contribution in [1.82, 2.24) is 0 Å². The van der Waals surface area contributed by atoms with Crippen molar-refractivity contribution in [2.45, 2.75) is 24.7 Å². The molecule has 2 saturated heterocycles. The molecule has 70 valence electrons. The van der Waals surface area contributed by atoms with Crippen molar-refractivity contribution in [3.63, 3.8) is 0 Å². The topological polar surface area (TPSA) is 34.1 Å². The molecule has 0 amide bonds. The summed E-state index contributed by atoms with van der Waals surface area (Å²) in [6, 6.07) is 0. The minimum Gasteiger partial charge on any atom is -0.323 e. The maximum absolute atomic E-state index is 12.2. The van der Waals surface area contributed by atoms with Crippen LogP contribution in [0.25, 0.3) is 0 Å². The molecule has 0 aromatic heterocycles. The molecule has 2 nitrogen and oxygen atoms in total. The first-order valence-electron chi connectivity index (χ1n) is 4.69. The van der Waals surface area contributed by atoms with Gasteiger partial charge in [-0.05, 0) is 25.9 Å². The third-order valence-electron chi connectivity index (χ3n) is 3.31. The largest absolute Gasteiger partial charge is 0.323 e. The van der Waals surface area contributed by atoms with Gasteiger partial charge in [-0.1, -0.05) is 0 Å². The zero-order chi connectivity index (χ0) is 8.82. The van der Waals surface area contributed by atoms with Gasteiger partial charge in [0.15, 0.2) is 0 Å². The van der Waals surface area contributed by atoms with Crippen molar-refractivity contribution in [3.8, 4) is 0 Å². The van der Waals surface area contributed by atoms with Gasteiger partial charge < -0.3 is 9.13 Å². The predicted octanol–water partition coefficient (Wildman–Crippen LogP) is 2.87. The molecule has 0 N–H and O–H groups in total. The van der Waals surface area contributed by atoms with Gasteiger partial charge >= 0.3 is 0 Å². The molecule has 0 unspecified atom stereocenters. The molecule has 0 aliphatic carbocycles. The molecule has 0 radical (unpaired) electrons. The molecule has 2 fully saturated rings. The summed E-state index contributed by atoms with van der Waals surface area (Å²) in [6.07, 6.45) is 5.60. The molecule has 3 atom stereocenters. The van der Waals surface area contributed by atoms with E-state index in [2.05, 4.69) is 0 Å². The smallest absolute Gasteiger partial charge is 0.0977 e. The van der Waals surface area contributed by atoms with Crippen LogP contribution >= 0.6 is 14.3 Å². The van der Waals surface area contributed by atoms with E-state index in [4.69, 9.17) is 0 Å². The summed E-state index contributed by atoms with van der Waals surface area (Å²) < 4.78 is 24.3. The van der Waals surface area contributed by atoms with E-state index in [0.717, 1.165) is 37.7 Å². The normalized spacial score (nSPS) is 53.6. The van der Waals surface area contributed by atoms with Crippen LogP contribution in [0.15, 0.2) is 0 Å². The van der Waals surface area contributed by atoms with Gasteiger partial charge in [0.2, 0.25) is 0 Å². The van der Waals surface area contributed by atoms with E-state index in [9.17, 15) is 9.13 Å². The summed E-state index contributed by atoms with van der Waals surface area (Å²) in [5.41, 5.74) is 0. The molecule has 0 aromatic rings. The van der Waals surface area contributed by atoms with Crippen molar-refractivity contribution >= 4 is 14.3 Å². The monoisotopic (exact) mass is 206 g/mol. The first kappa shape index (κ1) is 9.03. The highest BCUT2D eigenvalue weighted by molar-refractivity contribution is 7.82. The Morgan fingerprint density at radius 1 is 1.08 bits per heavy atom. The minimum absolute atomic E-state index is 0.138. The average Bonchev–Trinajstić information content (AvgIpc) is 2.31. The summed E-state index contributed by atoms with van der Waals surface area (Å²) in [5, 5.41) is 0.138. The Labute approximate surface area is 73.9 Å². The van der Waals surface area contributed by atoms with Crippen LogP contribution in [0.5, 0.6) is 0 Å². The van der Waals surface area contributed by atoms with Crippen molar-refractivity contribution in [2.24, 2.45) is 0 Å². The Bertz CT molecular complexity index is 285. The van der Waals surface area contributed by atoms with Crippen LogP contribution in [0, 0.1) is 0 Å². The van der Waals surface area contributed by atoms with E-state index in [0.29, 0.717) is 0 Å². The fourth-order valence-corrected chi connectivity index (χ4v) is 12.3. The van der Waals surface area contributed by atoms with Gasteiger partial charge in [0.1, 0.15) is 0 Å².